The topological polar surface area (TPSA) is 257 Å². The summed E-state index contributed by atoms with van der Waals surface area (Å²) in [4.78, 5) is 3.97. The lowest BCUT2D eigenvalue weighted by Gasteiger charge is -2.40. The molecular formula is C26H54N4O12. The molecule has 0 aliphatic carbocycles. The van der Waals surface area contributed by atoms with Gasteiger partial charge in [-0.15, -0.1) is 0 Å². The van der Waals surface area contributed by atoms with E-state index in [9.17, 15) is 40.9 Å². The molecule has 0 aromatic rings. The number of ether oxygens (including phenoxy) is 4. The number of hydrogen-bond acceptors (Lipinski definition) is 16. The number of unbranched alkanes of at least 4 members (excludes halogenated alkanes) is 3. The van der Waals surface area contributed by atoms with Crippen LogP contribution in [0.25, 0.3) is 0 Å². The van der Waals surface area contributed by atoms with Crippen LogP contribution < -0.4 is 11.5 Å². The Balaban J connectivity index is 1.52. The SMILES string of the molecule is CN(CCCCCCN(C)CC(O)CO[C@H]1O[C@H](CO)[C@@H](O)[C@H](O)[C@H]1N)CC(O)CO[C@H]1O[C@H](CO)[C@@H](O)[C@H](O)[C@H]1N. The average molecular weight is 615 g/mol. The van der Waals surface area contributed by atoms with Gasteiger partial charge in [-0.1, -0.05) is 12.8 Å². The Bertz CT molecular complexity index is 671. The molecule has 0 amide bonds. The van der Waals surface area contributed by atoms with Gasteiger partial charge < -0.3 is 81.1 Å². The summed E-state index contributed by atoms with van der Waals surface area (Å²) in [5, 5.41) is 78.9. The quantitative estimate of drug-likeness (QED) is 0.0609. The number of aliphatic hydroxyl groups is 8. The van der Waals surface area contributed by atoms with Crippen molar-refractivity contribution in [3.05, 3.63) is 0 Å². The summed E-state index contributed by atoms with van der Waals surface area (Å²) in [7, 11) is 3.78. The predicted molar refractivity (Wildman–Crippen MR) is 149 cm³/mol. The minimum absolute atomic E-state index is 0.0817. The van der Waals surface area contributed by atoms with Gasteiger partial charge in [0.15, 0.2) is 12.6 Å². The van der Waals surface area contributed by atoms with Crippen molar-refractivity contribution in [2.24, 2.45) is 11.5 Å². The maximum absolute atomic E-state index is 10.3. The van der Waals surface area contributed by atoms with Crippen LogP contribution in [0.5, 0.6) is 0 Å². The highest BCUT2D eigenvalue weighted by Gasteiger charge is 2.44. The fourth-order valence-electron chi connectivity index (χ4n) is 5.04. The van der Waals surface area contributed by atoms with Gasteiger partial charge in [0, 0.05) is 13.1 Å². The third kappa shape index (κ3) is 11.7. The van der Waals surface area contributed by atoms with Crippen LogP contribution in [0.15, 0.2) is 0 Å². The highest BCUT2D eigenvalue weighted by Crippen LogP contribution is 2.22. The van der Waals surface area contributed by atoms with Crippen LogP contribution in [-0.4, -0.2) is 191 Å². The van der Waals surface area contributed by atoms with Crippen molar-refractivity contribution in [2.45, 2.75) is 99.2 Å². The Morgan fingerprint density at radius 3 is 1.33 bits per heavy atom. The van der Waals surface area contributed by atoms with Crippen LogP contribution in [0.1, 0.15) is 25.7 Å². The molecule has 12 N–H and O–H groups in total. The van der Waals surface area contributed by atoms with Crippen molar-refractivity contribution < 1.29 is 59.8 Å². The second-order valence-corrected chi connectivity index (χ2v) is 11.5. The van der Waals surface area contributed by atoms with E-state index in [4.69, 9.17) is 30.4 Å². The fraction of sp³-hybridized carbons (Fsp3) is 1.00. The summed E-state index contributed by atoms with van der Waals surface area (Å²) in [5.41, 5.74) is 11.7. The summed E-state index contributed by atoms with van der Waals surface area (Å²) in [6.07, 6.45) is -7.20. The van der Waals surface area contributed by atoms with E-state index in [1.54, 1.807) is 0 Å². The zero-order chi connectivity index (χ0) is 31.4. The number of rotatable bonds is 19. The molecule has 2 aliphatic heterocycles. The molecule has 0 saturated carbocycles. The van der Waals surface area contributed by atoms with Crippen LogP contribution >= 0.6 is 0 Å². The summed E-state index contributed by atoms with van der Waals surface area (Å²) < 4.78 is 21.8. The Hall–Kier alpha value is -0.640. The van der Waals surface area contributed by atoms with E-state index in [1.807, 2.05) is 23.9 Å². The predicted octanol–water partition coefficient (Wildman–Crippen LogP) is -5.30. The molecular weight excluding hydrogens is 560 g/mol. The van der Waals surface area contributed by atoms with Gasteiger partial charge in [0.25, 0.3) is 0 Å². The summed E-state index contributed by atoms with van der Waals surface area (Å²) in [6.45, 7) is 1.10. The first kappa shape index (κ1) is 37.5. The van der Waals surface area contributed by atoms with Crippen molar-refractivity contribution in [2.75, 3.05) is 66.7 Å². The minimum Gasteiger partial charge on any atom is -0.394 e. The van der Waals surface area contributed by atoms with Gasteiger partial charge >= 0.3 is 0 Å². The van der Waals surface area contributed by atoms with E-state index >= 15 is 0 Å². The van der Waals surface area contributed by atoms with Gasteiger partial charge in [0.2, 0.25) is 0 Å². The highest BCUT2D eigenvalue weighted by molar-refractivity contribution is 4.92. The molecule has 0 aromatic heterocycles. The normalized spacial score (nSPS) is 35.6. The summed E-state index contributed by atoms with van der Waals surface area (Å²) in [6, 6.07) is -2.02. The molecule has 0 radical (unpaired) electrons. The van der Waals surface area contributed by atoms with E-state index in [1.165, 1.54) is 0 Å². The van der Waals surface area contributed by atoms with Crippen molar-refractivity contribution in [3.63, 3.8) is 0 Å². The molecule has 0 aromatic carbocycles. The Morgan fingerprint density at radius 1 is 0.643 bits per heavy atom. The van der Waals surface area contributed by atoms with Crippen LogP contribution in [0.2, 0.25) is 0 Å². The Morgan fingerprint density at radius 2 is 1.00 bits per heavy atom. The summed E-state index contributed by atoms with van der Waals surface area (Å²) in [5.74, 6) is 0. The van der Waals surface area contributed by atoms with E-state index < -0.39 is 86.7 Å². The Kier molecular flexibility index (Phi) is 17.0. The van der Waals surface area contributed by atoms with Crippen LogP contribution in [-0.2, 0) is 18.9 Å². The number of hydrogen-bond donors (Lipinski definition) is 10. The average Bonchev–Trinajstić information content (AvgIpc) is 2.95. The van der Waals surface area contributed by atoms with Crippen LogP contribution in [0.4, 0.5) is 0 Å². The van der Waals surface area contributed by atoms with Gasteiger partial charge in [0.05, 0.1) is 50.7 Å². The number of likely N-dealkylation sites (N-methyl/N-ethyl adjacent to an activating group) is 2. The molecule has 250 valence electrons. The molecule has 2 unspecified atom stereocenters. The summed E-state index contributed by atoms with van der Waals surface area (Å²) >= 11 is 0. The lowest BCUT2D eigenvalue weighted by Crippen LogP contribution is -2.62. The second kappa shape index (κ2) is 19.0. The second-order valence-electron chi connectivity index (χ2n) is 11.5. The molecule has 0 bridgehead atoms. The molecule has 2 rings (SSSR count). The molecule has 16 nitrogen and oxygen atoms in total. The van der Waals surface area contributed by atoms with Crippen molar-refractivity contribution in [3.8, 4) is 0 Å². The maximum Gasteiger partial charge on any atom is 0.175 e. The standard InChI is InChI=1S/C26H54N4O12/c1-29(9-15(33)13-39-25-19(27)23(37)21(35)17(11-31)41-25)7-5-3-4-6-8-30(2)10-16(34)14-40-26-20(28)24(38)22(36)18(12-32)42-26/h15-26,31-38H,3-14,27-28H2,1-2H3/t15?,16?,17-,18-,19-,20-,21-,22-,23-,24-,25+,26+/m1/s1. The maximum atomic E-state index is 10.3. The molecule has 0 spiro atoms. The molecule has 2 fully saturated rings. The first-order chi connectivity index (χ1) is 19.9. The van der Waals surface area contributed by atoms with E-state index in [-0.39, 0.29) is 13.2 Å². The zero-order valence-electron chi connectivity index (χ0n) is 24.7. The minimum atomic E-state index is -1.32. The molecule has 42 heavy (non-hydrogen) atoms. The zero-order valence-corrected chi connectivity index (χ0v) is 24.7. The molecule has 16 heteroatoms. The van der Waals surface area contributed by atoms with Gasteiger partial charge in [-0.3, -0.25) is 0 Å². The smallest absolute Gasteiger partial charge is 0.175 e. The first-order valence-corrected chi connectivity index (χ1v) is 14.6. The molecule has 2 aliphatic rings. The van der Waals surface area contributed by atoms with Gasteiger partial charge in [-0.2, -0.15) is 0 Å². The van der Waals surface area contributed by atoms with E-state index in [0.717, 1.165) is 38.8 Å². The number of aliphatic hydroxyl groups excluding tert-OH is 8. The van der Waals surface area contributed by atoms with Crippen LogP contribution in [0, 0.1) is 0 Å². The number of nitrogens with zero attached hydrogens (tertiary/aromatic N) is 2. The van der Waals surface area contributed by atoms with Gasteiger partial charge in [0.1, 0.15) is 36.6 Å². The largest absolute Gasteiger partial charge is 0.394 e. The van der Waals surface area contributed by atoms with E-state index in [2.05, 4.69) is 0 Å². The molecule has 2 saturated heterocycles. The molecule has 2 heterocycles. The molecule has 12 atom stereocenters. The van der Waals surface area contributed by atoms with Crippen molar-refractivity contribution in [1.82, 2.24) is 9.80 Å². The van der Waals surface area contributed by atoms with Crippen molar-refractivity contribution in [1.29, 1.82) is 0 Å². The highest BCUT2D eigenvalue weighted by atomic mass is 16.7. The monoisotopic (exact) mass is 614 g/mol. The van der Waals surface area contributed by atoms with Crippen molar-refractivity contribution >= 4 is 0 Å². The van der Waals surface area contributed by atoms with Gasteiger partial charge in [-0.25, -0.2) is 0 Å². The Labute approximate surface area is 247 Å². The lowest BCUT2D eigenvalue weighted by atomic mass is 9.98. The van der Waals surface area contributed by atoms with Crippen LogP contribution in [0.3, 0.4) is 0 Å². The van der Waals surface area contributed by atoms with E-state index in [0.29, 0.717) is 13.1 Å². The first-order valence-electron chi connectivity index (χ1n) is 14.6. The fourth-order valence-corrected chi connectivity index (χ4v) is 5.04. The third-order valence-electron chi connectivity index (χ3n) is 7.64. The van der Waals surface area contributed by atoms with Gasteiger partial charge in [-0.05, 0) is 40.0 Å². The lowest BCUT2D eigenvalue weighted by molar-refractivity contribution is -0.270. The third-order valence-corrected chi connectivity index (χ3v) is 7.64. The number of nitrogens with two attached hydrogens (primary N) is 2.